The number of amides is 2. The van der Waals surface area contributed by atoms with Gasteiger partial charge in [0.15, 0.2) is 0 Å². The van der Waals surface area contributed by atoms with E-state index < -0.39 is 22.0 Å². The molecule has 2 amide bonds. The Morgan fingerprint density at radius 1 is 1.02 bits per heavy atom. The van der Waals surface area contributed by atoms with Crippen LogP contribution in [0.2, 0.25) is 0 Å². The molecule has 4 aromatic rings. The number of rotatable bonds is 12. The smallest absolute Gasteiger partial charge is 0.341 e. The zero-order valence-electron chi connectivity index (χ0n) is 25.5. The fourth-order valence-corrected chi connectivity index (χ4v) is 7.52. The van der Waals surface area contributed by atoms with E-state index in [4.69, 9.17) is 4.74 Å². The summed E-state index contributed by atoms with van der Waals surface area (Å²) in [6, 6.07) is 22.8. The number of carbonyl (C=O) groups excluding carboxylic acids is 3. The number of carbonyl (C=O) groups is 3. The van der Waals surface area contributed by atoms with Gasteiger partial charge in [0.2, 0.25) is 5.91 Å². The van der Waals surface area contributed by atoms with Crippen molar-refractivity contribution in [2.24, 2.45) is 0 Å². The van der Waals surface area contributed by atoms with Gasteiger partial charge in [0.05, 0.1) is 22.3 Å². The summed E-state index contributed by atoms with van der Waals surface area (Å²) in [4.78, 5) is 54.2. The Hall–Kier alpha value is -4.52. The van der Waals surface area contributed by atoms with Crippen LogP contribution >= 0.6 is 23.1 Å². The van der Waals surface area contributed by atoms with Crippen molar-refractivity contribution in [3.05, 3.63) is 116 Å². The summed E-state index contributed by atoms with van der Waals surface area (Å²) < 4.78 is 5.40. The molecule has 1 unspecified atom stereocenters. The Bertz CT molecular complexity index is 1740. The number of benzene rings is 3. The molecule has 1 atom stereocenters. The van der Waals surface area contributed by atoms with Gasteiger partial charge >= 0.3 is 5.97 Å². The minimum atomic E-state index is -0.550. The highest BCUT2D eigenvalue weighted by Crippen LogP contribution is 2.39. The first-order chi connectivity index (χ1) is 22.2. The molecule has 5 rings (SSSR count). The molecule has 3 aromatic carbocycles. The summed E-state index contributed by atoms with van der Waals surface area (Å²) in [6.07, 6.45) is 1.20. The van der Waals surface area contributed by atoms with Gasteiger partial charge in [-0.15, -0.1) is 23.1 Å². The second-order valence-electron chi connectivity index (χ2n) is 10.7. The number of nitro groups is 1. The quantitative estimate of drug-likeness (QED) is 0.0710. The van der Waals surface area contributed by atoms with Gasteiger partial charge in [-0.25, -0.2) is 4.79 Å². The van der Waals surface area contributed by atoms with Crippen molar-refractivity contribution in [1.29, 1.82) is 0 Å². The van der Waals surface area contributed by atoms with Crippen molar-refractivity contribution in [3.8, 4) is 0 Å². The van der Waals surface area contributed by atoms with E-state index in [9.17, 15) is 24.5 Å². The van der Waals surface area contributed by atoms with Crippen molar-refractivity contribution in [1.82, 2.24) is 4.90 Å². The number of nitrogens with zero attached hydrogens (tertiary/aromatic N) is 2. The van der Waals surface area contributed by atoms with Crippen LogP contribution in [0.5, 0.6) is 0 Å². The van der Waals surface area contributed by atoms with Gasteiger partial charge in [0.25, 0.3) is 11.6 Å². The Balaban J connectivity index is 1.29. The summed E-state index contributed by atoms with van der Waals surface area (Å²) in [5, 5.41) is 16.9. The molecular formula is C34H34N4O6S2. The molecule has 0 fully saturated rings. The highest BCUT2D eigenvalue weighted by molar-refractivity contribution is 8.00. The second kappa shape index (κ2) is 15.2. The number of thioether (sulfide) groups is 1. The molecule has 1 aliphatic heterocycles. The van der Waals surface area contributed by atoms with E-state index >= 15 is 0 Å². The summed E-state index contributed by atoms with van der Waals surface area (Å²) >= 11 is 2.78. The number of non-ortho nitro benzene ring substituents is 1. The maximum absolute atomic E-state index is 13.6. The normalized spacial score (nSPS) is 13.3. The van der Waals surface area contributed by atoms with E-state index in [0.29, 0.717) is 35.6 Å². The van der Waals surface area contributed by atoms with Crippen LogP contribution in [0.1, 0.15) is 57.0 Å². The lowest BCUT2D eigenvalue weighted by molar-refractivity contribution is -0.384. The van der Waals surface area contributed by atoms with Crippen LogP contribution in [-0.2, 0) is 29.0 Å². The third kappa shape index (κ3) is 8.00. The number of hydrogen-bond donors (Lipinski definition) is 2. The van der Waals surface area contributed by atoms with Crippen molar-refractivity contribution < 1.29 is 24.0 Å². The topological polar surface area (TPSA) is 131 Å². The van der Waals surface area contributed by atoms with Gasteiger partial charge in [0.1, 0.15) is 5.00 Å². The molecule has 12 heteroatoms. The Morgan fingerprint density at radius 3 is 2.54 bits per heavy atom. The maximum atomic E-state index is 13.6. The standard InChI is InChI=1S/C34H34N4O6S2/c1-3-28(45-26-15-9-13-24(19-26)35-31(39)23-12-8-14-25(18-23)38(42)43)32(40)36-33-30(34(41)44-4-2)27-16-17-37(21-29(27)46-33)20-22-10-6-5-7-11-22/h5-15,18-19,28H,3-4,16-17,20-21H2,1-2H3,(H,35,39)(H,36,40). The summed E-state index contributed by atoms with van der Waals surface area (Å²) in [5.74, 6) is -1.14. The van der Waals surface area contributed by atoms with Gasteiger partial charge in [-0.3, -0.25) is 24.6 Å². The van der Waals surface area contributed by atoms with Crippen molar-refractivity contribution >= 4 is 57.3 Å². The van der Waals surface area contributed by atoms with Gasteiger partial charge < -0.3 is 15.4 Å². The fourth-order valence-electron chi connectivity index (χ4n) is 5.23. The Labute approximate surface area is 275 Å². The lowest BCUT2D eigenvalue weighted by Crippen LogP contribution is -2.30. The monoisotopic (exact) mass is 658 g/mol. The largest absolute Gasteiger partial charge is 0.462 e. The molecule has 1 aromatic heterocycles. The molecule has 0 saturated carbocycles. The molecule has 0 saturated heterocycles. The zero-order valence-corrected chi connectivity index (χ0v) is 27.1. The molecule has 2 heterocycles. The zero-order chi connectivity index (χ0) is 32.6. The molecule has 10 nitrogen and oxygen atoms in total. The van der Waals surface area contributed by atoms with Gasteiger partial charge in [0, 0.05) is 52.8 Å². The minimum Gasteiger partial charge on any atom is -0.462 e. The van der Waals surface area contributed by atoms with E-state index in [1.807, 2.05) is 31.2 Å². The van der Waals surface area contributed by atoms with E-state index in [1.165, 1.54) is 52.9 Å². The average molecular weight is 659 g/mol. The third-order valence-corrected chi connectivity index (χ3v) is 9.94. The van der Waals surface area contributed by atoms with Crippen LogP contribution in [0.3, 0.4) is 0 Å². The molecule has 1 aliphatic rings. The van der Waals surface area contributed by atoms with E-state index in [-0.39, 0.29) is 23.8 Å². The molecule has 46 heavy (non-hydrogen) atoms. The van der Waals surface area contributed by atoms with Crippen molar-refractivity contribution in [2.45, 2.75) is 49.9 Å². The first-order valence-electron chi connectivity index (χ1n) is 15.0. The lowest BCUT2D eigenvalue weighted by atomic mass is 10.0. The number of hydrogen-bond acceptors (Lipinski definition) is 9. The van der Waals surface area contributed by atoms with Crippen LogP contribution in [0.4, 0.5) is 16.4 Å². The molecule has 0 aliphatic carbocycles. The van der Waals surface area contributed by atoms with E-state index in [0.717, 1.165) is 28.4 Å². The number of ether oxygens (including phenoxy) is 1. The van der Waals surface area contributed by atoms with Crippen LogP contribution < -0.4 is 10.6 Å². The number of fused-ring (bicyclic) bond motifs is 1. The Kier molecular flexibility index (Phi) is 10.8. The highest BCUT2D eigenvalue weighted by atomic mass is 32.2. The maximum Gasteiger partial charge on any atom is 0.341 e. The van der Waals surface area contributed by atoms with Crippen LogP contribution in [0, 0.1) is 10.1 Å². The Morgan fingerprint density at radius 2 is 1.80 bits per heavy atom. The number of esters is 1. The lowest BCUT2D eigenvalue weighted by Gasteiger charge is -2.27. The average Bonchev–Trinajstić information content (AvgIpc) is 3.41. The SMILES string of the molecule is CCOC(=O)c1c(NC(=O)C(CC)Sc2cccc(NC(=O)c3cccc([N+](=O)[O-])c3)c2)sc2c1CCN(Cc1ccccc1)C2. The predicted molar refractivity (Wildman–Crippen MR) is 181 cm³/mol. The molecular weight excluding hydrogens is 625 g/mol. The number of nitro benzene ring substituents is 1. The molecule has 0 bridgehead atoms. The van der Waals surface area contributed by atoms with Crippen molar-refractivity contribution in [2.75, 3.05) is 23.8 Å². The van der Waals surface area contributed by atoms with E-state index in [2.05, 4.69) is 27.7 Å². The summed E-state index contributed by atoms with van der Waals surface area (Å²) in [5.41, 5.74) is 3.09. The van der Waals surface area contributed by atoms with Crippen LogP contribution in [0.15, 0.2) is 83.8 Å². The molecule has 0 spiro atoms. The summed E-state index contributed by atoms with van der Waals surface area (Å²) in [7, 11) is 0. The molecule has 2 N–H and O–H groups in total. The van der Waals surface area contributed by atoms with E-state index in [1.54, 1.807) is 25.1 Å². The second-order valence-corrected chi connectivity index (χ2v) is 13.0. The summed E-state index contributed by atoms with van der Waals surface area (Å²) in [6.45, 7) is 6.18. The van der Waals surface area contributed by atoms with Gasteiger partial charge in [-0.2, -0.15) is 0 Å². The number of thiophene rings is 1. The molecule has 0 radical (unpaired) electrons. The fraction of sp³-hybridized carbons (Fsp3) is 0.265. The van der Waals surface area contributed by atoms with Gasteiger partial charge in [-0.05, 0) is 55.2 Å². The van der Waals surface area contributed by atoms with Crippen LogP contribution in [-0.4, -0.2) is 46.0 Å². The van der Waals surface area contributed by atoms with Gasteiger partial charge in [-0.1, -0.05) is 49.4 Å². The first-order valence-corrected chi connectivity index (χ1v) is 16.7. The number of anilines is 2. The first kappa shape index (κ1) is 32.9. The number of nitrogens with one attached hydrogen (secondary N) is 2. The van der Waals surface area contributed by atoms with Crippen molar-refractivity contribution in [3.63, 3.8) is 0 Å². The highest BCUT2D eigenvalue weighted by Gasteiger charge is 2.31. The predicted octanol–water partition coefficient (Wildman–Crippen LogP) is 7.15. The third-order valence-electron chi connectivity index (χ3n) is 7.45. The minimum absolute atomic E-state index is 0.164. The van der Waals surface area contributed by atoms with Crippen LogP contribution in [0.25, 0.3) is 0 Å². The molecule has 238 valence electrons.